The van der Waals surface area contributed by atoms with E-state index < -0.39 is 11.6 Å². The second-order valence-corrected chi connectivity index (χ2v) is 4.94. The van der Waals surface area contributed by atoms with Crippen LogP contribution in [0.15, 0.2) is 12.1 Å². The molecule has 0 unspecified atom stereocenters. The standard InChI is InChI=1S/C15H21F2N3O/c1-2-3-4-15-19-13-9-11(16)12(17)10-14(13)20(15)6-8-21-7-5-18/h9-10H,2-8,18H2,1H3. The monoisotopic (exact) mass is 297 g/mol. The number of nitrogens with two attached hydrogens (primary N) is 1. The molecule has 1 aromatic carbocycles. The van der Waals surface area contributed by atoms with Gasteiger partial charge in [0.2, 0.25) is 0 Å². The smallest absolute Gasteiger partial charge is 0.161 e. The van der Waals surface area contributed by atoms with E-state index in [0.717, 1.165) is 31.2 Å². The summed E-state index contributed by atoms with van der Waals surface area (Å²) >= 11 is 0. The average Bonchev–Trinajstić information content (AvgIpc) is 2.79. The molecule has 116 valence electrons. The quantitative estimate of drug-likeness (QED) is 0.762. The zero-order chi connectivity index (χ0) is 15.2. The highest BCUT2D eigenvalue weighted by Gasteiger charge is 2.14. The van der Waals surface area contributed by atoms with Crippen LogP contribution in [0.5, 0.6) is 0 Å². The van der Waals surface area contributed by atoms with Gasteiger partial charge in [0.25, 0.3) is 0 Å². The minimum absolute atomic E-state index is 0.465. The van der Waals surface area contributed by atoms with Gasteiger partial charge in [0, 0.05) is 31.6 Å². The Balaban J connectivity index is 2.29. The number of aromatic nitrogens is 2. The molecule has 0 aliphatic rings. The van der Waals surface area contributed by atoms with Gasteiger partial charge >= 0.3 is 0 Å². The van der Waals surface area contributed by atoms with E-state index in [4.69, 9.17) is 10.5 Å². The molecule has 1 aromatic heterocycles. The average molecular weight is 297 g/mol. The van der Waals surface area contributed by atoms with Crippen molar-refractivity contribution in [3.63, 3.8) is 0 Å². The zero-order valence-electron chi connectivity index (χ0n) is 12.2. The predicted molar refractivity (Wildman–Crippen MR) is 78.1 cm³/mol. The van der Waals surface area contributed by atoms with E-state index in [1.54, 1.807) is 0 Å². The van der Waals surface area contributed by atoms with Crippen LogP contribution in [0.1, 0.15) is 25.6 Å². The van der Waals surface area contributed by atoms with Crippen molar-refractivity contribution < 1.29 is 13.5 Å². The van der Waals surface area contributed by atoms with Crippen molar-refractivity contribution in [2.75, 3.05) is 19.8 Å². The Labute approximate surface area is 122 Å². The molecule has 0 radical (unpaired) electrons. The van der Waals surface area contributed by atoms with Crippen LogP contribution in [-0.4, -0.2) is 29.3 Å². The number of halogens is 2. The summed E-state index contributed by atoms with van der Waals surface area (Å²) in [6.07, 6.45) is 2.80. The maximum atomic E-state index is 13.5. The molecule has 0 amide bonds. The summed E-state index contributed by atoms with van der Waals surface area (Å²) < 4.78 is 34.1. The van der Waals surface area contributed by atoms with E-state index in [1.807, 2.05) is 4.57 Å². The first-order valence-corrected chi connectivity index (χ1v) is 7.29. The molecule has 6 heteroatoms. The maximum Gasteiger partial charge on any atom is 0.161 e. The van der Waals surface area contributed by atoms with Gasteiger partial charge in [-0.1, -0.05) is 13.3 Å². The van der Waals surface area contributed by atoms with Crippen LogP contribution in [0, 0.1) is 11.6 Å². The van der Waals surface area contributed by atoms with Gasteiger partial charge < -0.3 is 15.0 Å². The summed E-state index contributed by atoms with van der Waals surface area (Å²) in [5, 5.41) is 0. The van der Waals surface area contributed by atoms with Crippen molar-refractivity contribution in [2.24, 2.45) is 5.73 Å². The summed E-state index contributed by atoms with van der Waals surface area (Å²) in [6.45, 7) is 4.07. The second-order valence-electron chi connectivity index (χ2n) is 4.94. The van der Waals surface area contributed by atoms with E-state index in [1.165, 1.54) is 6.07 Å². The summed E-state index contributed by atoms with van der Waals surface area (Å²) in [7, 11) is 0. The molecule has 0 aliphatic carbocycles. The Morgan fingerprint density at radius 2 is 2.00 bits per heavy atom. The summed E-state index contributed by atoms with van der Waals surface area (Å²) in [6, 6.07) is 2.35. The SMILES string of the molecule is CCCCc1nc2cc(F)c(F)cc2n1CCOCCN. The van der Waals surface area contributed by atoms with Gasteiger partial charge in [-0.2, -0.15) is 0 Å². The number of fused-ring (bicyclic) bond motifs is 1. The van der Waals surface area contributed by atoms with E-state index in [-0.39, 0.29) is 0 Å². The summed E-state index contributed by atoms with van der Waals surface area (Å²) in [4.78, 5) is 4.43. The minimum Gasteiger partial charge on any atom is -0.378 e. The molecule has 21 heavy (non-hydrogen) atoms. The fourth-order valence-corrected chi connectivity index (χ4v) is 2.29. The van der Waals surface area contributed by atoms with Crippen LogP contribution in [0.25, 0.3) is 11.0 Å². The van der Waals surface area contributed by atoms with Gasteiger partial charge in [0.15, 0.2) is 11.6 Å². The van der Waals surface area contributed by atoms with E-state index >= 15 is 0 Å². The number of imidazole rings is 1. The van der Waals surface area contributed by atoms with E-state index in [0.29, 0.717) is 37.3 Å². The van der Waals surface area contributed by atoms with Crippen molar-refractivity contribution in [2.45, 2.75) is 32.7 Å². The van der Waals surface area contributed by atoms with Crippen molar-refractivity contribution in [1.29, 1.82) is 0 Å². The number of benzene rings is 1. The molecule has 0 saturated heterocycles. The number of rotatable bonds is 8. The minimum atomic E-state index is -0.867. The largest absolute Gasteiger partial charge is 0.378 e. The van der Waals surface area contributed by atoms with Gasteiger partial charge in [-0.05, 0) is 6.42 Å². The van der Waals surface area contributed by atoms with Crippen LogP contribution in [0.3, 0.4) is 0 Å². The van der Waals surface area contributed by atoms with Gasteiger partial charge in [-0.15, -0.1) is 0 Å². The highest BCUT2D eigenvalue weighted by atomic mass is 19.2. The van der Waals surface area contributed by atoms with Crippen LogP contribution in [-0.2, 0) is 17.7 Å². The number of unbranched alkanes of at least 4 members (excludes halogenated alkanes) is 1. The second kappa shape index (κ2) is 7.47. The summed E-state index contributed by atoms with van der Waals surface area (Å²) in [5.74, 6) is -0.879. The molecule has 0 saturated carbocycles. The van der Waals surface area contributed by atoms with Gasteiger partial charge in [-0.25, -0.2) is 13.8 Å². The van der Waals surface area contributed by atoms with E-state index in [2.05, 4.69) is 11.9 Å². The number of ether oxygens (including phenoxy) is 1. The van der Waals surface area contributed by atoms with Crippen LogP contribution >= 0.6 is 0 Å². The first-order chi connectivity index (χ1) is 10.2. The number of aryl methyl sites for hydroxylation is 1. The third kappa shape index (κ3) is 3.77. The van der Waals surface area contributed by atoms with Gasteiger partial charge in [0.1, 0.15) is 5.82 Å². The lowest BCUT2D eigenvalue weighted by Gasteiger charge is -2.09. The molecule has 0 fully saturated rings. The molecule has 0 spiro atoms. The lowest BCUT2D eigenvalue weighted by molar-refractivity contribution is 0.133. The van der Waals surface area contributed by atoms with Gasteiger partial charge in [-0.3, -0.25) is 0 Å². The maximum absolute atomic E-state index is 13.5. The normalized spacial score (nSPS) is 11.4. The number of hydrogen-bond acceptors (Lipinski definition) is 3. The topological polar surface area (TPSA) is 53.1 Å². The fourth-order valence-electron chi connectivity index (χ4n) is 2.29. The third-order valence-electron chi connectivity index (χ3n) is 3.34. The lowest BCUT2D eigenvalue weighted by Crippen LogP contribution is -2.14. The summed E-state index contributed by atoms with van der Waals surface area (Å²) in [5.41, 5.74) is 6.47. The number of hydrogen-bond donors (Lipinski definition) is 1. The molecule has 4 nitrogen and oxygen atoms in total. The highest BCUT2D eigenvalue weighted by molar-refractivity contribution is 5.76. The van der Waals surface area contributed by atoms with Crippen molar-refractivity contribution in [3.8, 4) is 0 Å². The molecule has 0 atom stereocenters. The molecular weight excluding hydrogens is 276 g/mol. The fraction of sp³-hybridized carbons (Fsp3) is 0.533. The Morgan fingerprint density at radius 1 is 1.24 bits per heavy atom. The van der Waals surface area contributed by atoms with Crippen LogP contribution in [0.4, 0.5) is 8.78 Å². The first kappa shape index (κ1) is 15.9. The lowest BCUT2D eigenvalue weighted by atomic mass is 10.2. The van der Waals surface area contributed by atoms with E-state index in [9.17, 15) is 8.78 Å². The van der Waals surface area contributed by atoms with Crippen molar-refractivity contribution >= 4 is 11.0 Å². The molecule has 2 N–H and O–H groups in total. The van der Waals surface area contributed by atoms with Gasteiger partial charge in [0.05, 0.1) is 24.2 Å². The molecule has 0 aliphatic heterocycles. The highest BCUT2D eigenvalue weighted by Crippen LogP contribution is 2.21. The Morgan fingerprint density at radius 3 is 2.71 bits per heavy atom. The first-order valence-electron chi connectivity index (χ1n) is 7.29. The molecule has 0 bridgehead atoms. The predicted octanol–water partition coefficient (Wildman–Crippen LogP) is 2.63. The third-order valence-corrected chi connectivity index (χ3v) is 3.34. The molecule has 2 aromatic rings. The Kier molecular flexibility index (Phi) is 5.64. The Hall–Kier alpha value is -1.53. The Bertz CT molecular complexity index is 598. The zero-order valence-corrected chi connectivity index (χ0v) is 12.2. The number of nitrogens with zero attached hydrogens (tertiary/aromatic N) is 2. The molecule has 2 rings (SSSR count). The van der Waals surface area contributed by atoms with Crippen molar-refractivity contribution in [1.82, 2.24) is 9.55 Å². The van der Waals surface area contributed by atoms with Crippen LogP contribution in [0.2, 0.25) is 0 Å². The van der Waals surface area contributed by atoms with Crippen LogP contribution < -0.4 is 5.73 Å². The molecule has 1 heterocycles. The molecular formula is C15H21F2N3O. The van der Waals surface area contributed by atoms with Crippen molar-refractivity contribution in [3.05, 3.63) is 29.6 Å².